The molecule has 0 unspecified atom stereocenters. The Morgan fingerprint density at radius 3 is 2.79 bits per heavy atom. The maximum absolute atomic E-state index is 12.0. The molecule has 0 aliphatic rings. The van der Waals surface area contributed by atoms with Gasteiger partial charge in [0.15, 0.2) is 5.13 Å². The third-order valence-corrected chi connectivity index (χ3v) is 5.03. The number of carbonyl (C=O) groups excluding carboxylic acids is 1. The lowest BCUT2D eigenvalue weighted by Gasteiger charge is -2.06. The normalized spacial score (nSPS) is 10.8. The fourth-order valence-corrected chi connectivity index (χ4v) is 3.62. The van der Waals surface area contributed by atoms with Crippen molar-refractivity contribution in [3.8, 4) is 5.13 Å². The maximum Gasteiger partial charge on any atom is 0.225 e. The Labute approximate surface area is 154 Å². The number of benzene rings is 1. The van der Waals surface area contributed by atoms with E-state index in [1.807, 2.05) is 35.2 Å². The number of halogens is 2. The summed E-state index contributed by atoms with van der Waals surface area (Å²) in [6.45, 7) is 0.531. The molecule has 1 aromatic carbocycles. The summed E-state index contributed by atoms with van der Waals surface area (Å²) >= 11 is 13.5. The van der Waals surface area contributed by atoms with Gasteiger partial charge in [0.1, 0.15) is 0 Å². The van der Waals surface area contributed by atoms with Gasteiger partial charge in [0, 0.05) is 40.1 Å². The Hall–Kier alpha value is -1.82. The minimum absolute atomic E-state index is 0.0252. The van der Waals surface area contributed by atoms with Crippen LogP contribution >= 0.6 is 34.5 Å². The summed E-state index contributed by atoms with van der Waals surface area (Å²) in [5.74, 6) is -0.0252. The second-order valence-corrected chi connectivity index (χ2v) is 7.15. The minimum Gasteiger partial charge on any atom is -0.355 e. The van der Waals surface area contributed by atoms with Gasteiger partial charge in [0.25, 0.3) is 0 Å². The van der Waals surface area contributed by atoms with Gasteiger partial charge in [-0.2, -0.15) is 0 Å². The quantitative estimate of drug-likeness (QED) is 0.699. The van der Waals surface area contributed by atoms with Crippen molar-refractivity contribution in [2.24, 2.45) is 0 Å². The molecule has 0 saturated carbocycles. The molecule has 2 aromatic heterocycles. The number of hydrogen-bond donors (Lipinski definition) is 1. The molecule has 3 aromatic rings. The molecular weight excluding hydrogens is 365 g/mol. The van der Waals surface area contributed by atoms with Gasteiger partial charge in [-0.05, 0) is 36.2 Å². The van der Waals surface area contributed by atoms with Crippen LogP contribution in [-0.2, 0) is 17.6 Å². The summed E-state index contributed by atoms with van der Waals surface area (Å²) in [6, 6.07) is 9.26. The standard InChI is InChI=1S/C17H15Cl2N3OS/c18-13-4-3-12(15(19)9-13)5-6-20-16(23)10-14-11-21-17(24-14)22-7-1-2-8-22/h1-4,7-9,11H,5-6,10H2,(H,20,23). The van der Waals surface area contributed by atoms with Crippen molar-refractivity contribution in [2.45, 2.75) is 12.8 Å². The predicted octanol–water partition coefficient (Wildman–Crippen LogP) is 4.14. The molecule has 0 bridgehead atoms. The molecule has 0 spiro atoms. The SMILES string of the molecule is O=C(Cc1cnc(-n2cccc2)s1)NCCc1ccc(Cl)cc1Cl. The zero-order valence-corrected chi connectivity index (χ0v) is 15.0. The fraction of sp³-hybridized carbons (Fsp3) is 0.176. The zero-order valence-electron chi connectivity index (χ0n) is 12.7. The molecular formula is C17H15Cl2N3OS. The molecule has 1 amide bonds. The number of rotatable bonds is 6. The lowest BCUT2D eigenvalue weighted by molar-refractivity contribution is -0.120. The van der Waals surface area contributed by atoms with E-state index in [0.29, 0.717) is 29.4 Å². The van der Waals surface area contributed by atoms with E-state index < -0.39 is 0 Å². The van der Waals surface area contributed by atoms with Crippen LogP contribution in [0.15, 0.2) is 48.9 Å². The molecule has 1 N–H and O–H groups in total. The van der Waals surface area contributed by atoms with Crippen LogP contribution in [0.3, 0.4) is 0 Å². The highest BCUT2D eigenvalue weighted by molar-refractivity contribution is 7.14. The number of nitrogens with zero attached hydrogens (tertiary/aromatic N) is 2. The van der Waals surface area contributed by atoms with Crippen molar-refractivity contribution in [1.29, 1.82) is 0 Å². The first-order valence-electron chi connectivity index (χ1n) is 7.40. The van der Waals surface area contributed by atoms with Gasteiger partial charge in [0.05, 0.1) is 6.42 Å². The highest BCUT2D eigenvalue weighted by Gasteiger charge is 2.09. The first-order valence-corrected chi connectivity index (χ1v) is 8.98. The second kappa shape index (κ2) is 7.83. The van der Waals surface area contributed by atoms with Crippen LogP contribution in [0.1, 0.15) is 10.4 Å². The van der Waals surface area contributed by atoms with E-state index in [9.17, 15) is 4.79 Å². The van der Waals surface area contributed by atoms with Crippen LogP contribution in [0.5, 0.6) is 0 Å². The highest BCUT2D eigenvalue weighted by atomic mass is 35.5. The van der Waals surface area contributed by atoms with Gasteiger partial charge in [0.2, 0.25) is 5.91 Å². The van der Waals surface area contributed by atoms with Crippen LogP contribution in [0.25, 0.3) is 5.13 Å². The van der Waals surface area contributed by atoms with Crippen LogP contribution in [0, 0.1) is 0 Å². The Morgan fingerprint density at radius 1 is 1.25 bits per heavy atom. The third-order valence-electron chi connectivity index (χ3n) is 3.43. The summed E-state index contributed by atoms with van der Waals surface area (Å²) in [5, 5.41) is 4.99. The van der Waals surface area contributed by atoms with Crippen LogP contribution in [0.2, 0.25) is 10.0 Å². The van der Waals surface area contributed by atoms with Gasteiger partial charge < -0.3 is 9.88 Å². The minimum atomic E-state index is -0.0252. The predicted molar refractivity (Wildman–Crippen MR) is 98.3 cm³/mol. The Balaban J connectivity index is 1.49. The summed E-state index contributed by atoms with van der Waals surface area (Å²) in [6.07, 6.45) is 6.60. The van der Waals surface area contributed by atoms with Crippen LogP contribution in [-0.4, -0.2) is 22.0 Å². The molecule has 2 heterocycles. The molecule has 0 aliphatic heterocycles. The van der Waals surface area contributed by atoms with Crippen molar-refractivity contribution in [3.63, 3.8) is 0 Å². The number of amides is 1. The number of thiazole rings is 1. The number of hydrogen-bond acceptors (Lipinski definition) is 3. The zero-order chi connectivity index (χ0) is 16.9. The fourth-order valence-electron chi connectivity index (χ4n) is 2.24. The molecule has 0 saturated heterocycles. The van der Waals surface area contributed by atoms with Gasteiger partial charge in [-0.3, -0.25) is 4.79 Å². The average molecular weight is 380 g/mol. The van der Waals surface area contributed by atoms with E-state index in [1.165, 1.54) is 11.3 Å². The highest BCUT2D eigenvalue weighted by Crippen LogP contribution is 2.21. The monoisotopic (exact) mass is 379 g/mol. The van der Waals surface area contributed by atoms with Gasteiger partial charge >= 0.3 is 0 Å². The molecule has 0 atom stereocenters. The first-order chi connectivity index (χ1) is 11.6. The van der Waals surface area contributed by atoms with Gasteiger partial charge in [-0.25, -0.2) is 4.98 Å². The van der Waals surface area contributed by atoms with E-state index in [4.69, 9.17) is 23.2 Å². The van der Waals surface area contributed by atoms with Crippen molar-refractivity contribution in [2.75, 3.05) is 6.54 Å². The number of aromatic nitrogens is 2. The van der Waals surface area contributed by atoms with E-state index in [0.717, 1.165) is 15.6 Å². The number of nitrogens with one attached hydrogen (secondary N) is 1. The summed E-state index contributed by atoms with van der Waals surface area (Å²) in [4.78, 5) is 17.3. The van der Waals surface area contributed by atoms with E-state index in [1.54, 1.807) is 18.3 Å². The molecule has 3 rings (SSSR count). The van der Waals surface area contributed by atoms with E-state index in [2.05, 4.69) is 10.3 Å². The Morgan fingerprint density at radius 2 is 2.04 bits per heavy atom. The summed E-state index contributed by atoms with van der Waals surface area (Å²) in [7, 11) is 0. The van der Waals surface area contributed by atoms with E-state index in [-0.39, 0.29) is 5.91 Å². The summed E-state index contributed by atoms with van der Waals surface area (Å²) < 4.78 is 1.93. The Bertz CT molecular complexity index is 830. The maximum atomic E-state index is 12.0. The van der Waals surface area contributed by atoms with Crippen molar-refractivity contribution >= 4 is 40.4 Å². The molecule has 0 aliphatic carbocycles. The summed E-state index contributed by atoms with van der Waals surface area (Å²) in [5.41, 5.74) is 0.967. The van der Waals surface area contributed by atoms with Crippen LogP contribution < -0.4 is 5.32 Å². The second-order valence-electron chi connectivity index (χ2n) is 5.21. The largest absolute Gasteiger partial charge is 0.355 e. The third kappa shape index (κ3) is 4.38. The first kappa shape index (κ1) is 17.0. The lowest BCUT2D eigenvalue weighted by atomic mass is 10.1. The molecule has 0 fully saturated rings. The molecule has 7 heteroatoms. The molecule has 4 nitrogen and oxygen atoms in total. The van der Waals surface area contributed by atoms with Crippen molar-refractivity contribution in [1.82, 2.24) is 14.9 Å². The molecule has 124 valence electrons. The van der Waals surface area contributed by atoms with Crippen molar-refractivity contribution in [3.05, 3.63) is 69.4 Å². The molecule has 24 heavy (non-hydrogen) atoms. The topological polar surface area (TPSA) is 46.9 Å². The smallest absolute Gasteiger partial charge is 0.225 e. The Kier molecular flexibility index (Phi) is 5.56. The van der Waals surface area contributed by atoms with Gasteiger partial charge in [-0.15, -0.1) is 11.3 Å². The lowest BCUT2D eigenvalue weighted by Crippen LogP contribution is -2.27. The molecule has 0 radical (unpaired) electrons. The average Bonchev–Trinajstić information content (AvgIpc) is 3.20. The van der Waals surface area contributed by atoms with Gasteiger partial charge in [-0.1, -0.05) is 29.3 Å². The van der Waals surface area contributed by atoms with E-state index >= 15 is 0 Å². The van der Waals surface area contributed by atoms with Crippen molar-refractivity contribution < 1.29 is 4.79 Å². The number of carbonyl (C=O) groups is 1. The van der Waals surface area contributed by atoms with Crippen LogP contribution in [0.4, 0.5) is 0 Å².